The van der Waals surface area contributed by atoms with Gasteiger partial charge in [-0.05, 0) is 29.8 Å². The van der Waals surface area contributed by atoms with E-state index in [0.29, 0.717) is 32.6 Å². The maximum atomic E-state index is 13.3. The van der Waals surface area contributed by atoms with Crippen molar-refractivity contribution in [1.29, 1.82) is 0 Å². The van der Waals surface area contributed by atoms with Gasteiger partial charge in [0.25, 0.3) is 5.91 Å². The largest absolute Gasteiger partial charge is 0.459 e. The van der Waals surface area contributed by atoms with Gasteiger partial charge in [-0.2, -0.15) is 0 Å². The Morgan fingerprint density at radius 3 is 2.30 bits per heavy atom. The second-order valence-electron chi connectivity index (χ2n) is 7.90. The molecule has 2 aromatic heterocycles. The van der Waals surface area contributed by atoms with Gasteiger partial charge < -0.3 is 19.5 Å². The lowest BCUT2D eigenvalue weighted by Crippen LogP contribution is -2.56. The summed E-state index contributed by atoms with van der Waals surface area (Å²) in [7, 11) is 0. The number of benzene rings is 1. The first-order chi connectivity index (χ1) is 16.1. The molecule has 1 saturated heterocycles. The summed E-state index contributed by atoms with van der Waals surface area (Å²) in [6.45, 7) is 1.71. The highest BCUT2D eigenvalue weighted by atomic mass is 16.3. The number of amides is 3. The highest BCUT2D eigenvalue weighted by Gasteiger charge is 2.30. The number of carbonyl (C=O) groups excluding carboxylic acids is 3. The highest BCUT2D eigenvalue weighted by Crippen LogP contribution is 2.12. The standard InChI is InChI=1S/C25H26N4O4/c30-23(18-20-9-4-5-11-26-20)28-12-14-29(15-13-28)25(32)21(17-19-7-2-1-3-8-19)27-24(31)22-10-6-16-33-22/h1-11,16,21H,12-15,17-18H2,(H,27,31). The molecule has 1 aromatic carbocycles. The van der Waals surface area contributed by atoms with Crippen molar-refractivity contribution in [3.05, 3.63) is 90.1 Å². The van der Waals surface area contributed by atoms with Gasteiger partial charge in [0.15, 0.2) is 5.76 Å². The first-order valence-corrected chi connectivity index (χ1v) is 10.9. The quantitative estimate of drug-likeness (QED) is 0.598. The predicted molar refractivity (Wildman–Crippen MR) is 121 cm³/mol. The lowest BCUT2D eigenvalue weighted by Gasteiger charge is -2.36. The molecule has 4 rings (SSSR count). The fraction of sp³-hybridized carbons (Fsp3) is 0.280. The lowest BCUT2D eigenvalue weighted by molar-refractivity contribution is -0.140. The molecule has 3 heterocycles. The Labute approximate surface area is 192 Å². The van der Waals surface area contributed by atoms with Gasteiger partial charge in [-0.1, -0.05) is 36.4 Å². The molecule has 3 amide bonds. The Morgan fingerprint density at radius 2 is 1.64 bits per heavy atom. The number of hydrogen-bond acceptors (Lipinski definition) is 5. The van der Waals surface area contributed by atoms with Gasteiger partial charge in [-0.15, -0.1) is 0 Å². The molecule has 0 saturated carbocycles. The summed E-state index contributed by atoms with van der Waals surface area (Å²) in [6.07, 6.45) is 3.70. The van der Waals surface area contributed by atoms with Gasteiger partial charge in [0, 0.05) is 44.5 Å². The summed E-state index contributed by atoms with van der Waals surface area (Å²) in [5.41, 5.74) is 1.67. The van der Waals surface area contributed by atoms with E-state index in [0.717, 1.165) is 11.3 Å². The summed E-state index contributed by atoms with van der Waals surface area (Å²) in [5.74, 6) is -0.451. The molecule has 0 spiro atoms. The van der Waals surface area contributed by atoms with Crippen molar-refractivity contribution in [3.8, 4) is 0 Å². The van der Waals surface area contributed by atoms with Crippen LogP contribution in [0.4, 0.5) is 0 Å². The van der Waals surface area contributed by atoms with E-state index < -0.39 is 11.9 Å². The van der Waals surface area contributed by atoms with Crippen molar-refractivity contribution in [2.75, 3.05) is 26.2 Å². The minimum atomic E-state index is -0.735. The van der Waals surface area contributed by atoms with Crippen LogP contribution in [0.1, 0.15) is 21.8 Å². The summed E-state index contributed by atoms with van der Waals surface area (Å²) in [5, 5.41) is 2.82. The molecule has 0 aliphatic carbocycles. The van der Waals surface area contributed by atoms with Gasteiger partial charge in [-0.3, -0.25) is 19.4 Å². The topological polar surface area (TPSA) is 95.8 Å². The van der Waals surface area contributed by atoms with E-state index in [1.165, 1.54) is 6.26 Å². The summed E-state index contributed by atoms with van der Waals surface area (Å²) in [4.78, 5) is 46.2. The van der Waals surface area contributed by atoms with E-state index in [-0.39, 0.29) is 24.0 Å². The van der Waals surface area contributed by atoms with Crippen molar-refractivity contribution in [3.63, 3.8) is 0 Å². The van der Waals surface area contributed by atoms with E-state index in [1.807, 2.05) is 48.5 Å². The Kier molecular flexibility index (Phi) is 7.14. The van der Waals surface area contributed by atoms with Crippen LogP contribution in [0.15, 0.2) is 77.5 Å². The second kappa shape index (κ2) is 10.6. The van der Waals surface area contributed by atoms with Gasteiger partial charge >= 0.3 is 0 Å². The molecule has 170 valence electrons. The maximum Gasteiger partial charge on any atom is 0.287 e. The number of aromatic nitrogens is 1. The van der Waals surface area contributed by atoms with Gasteiger partial charge in [0.1, 0.15) is 6.04 Å². The van der Waals surface area contributed by atoms with Crippen LogP contribution in [0.25, 0.3) is 0 Å². The third-order valence-corrected chi connectivity index (χ3v) is 5.63. The number of carbonyl (C=O) groups is 3. The molecule has 8 heteroatoms. The monoisotopic (exact) mass is 446 g/mol. The molecule has 33 heavy (non-hydrogen) atoms. The smallest absolute Gasteiger partial charge is 0.287 e. The molecule has 3 aromatic rings. The van der Waals surface area contributed by atoms with Crippen LogP contribution < -0.4 is 5.32 Å². The number of hydrogen-bond donors (Lipinski definition) is 1. The SMILES string of the molecule is O=C(NC(Cc1ccccc1)C(=O)N1CCN(C(=O)Cc2ccccn2)CC1)c1ccco1. The number of piperazine rings is 1. The lowest BCUT2D eigenvalue weighted by atomic mass is 10.0. The molecule has 1 aliphatic rings. The van der Waals surface area contributed by atoms with Crippen LogP contribution in [0.5, 0.6) is 0 Å². The number of rotatable bonds is 7. The molecule has 0 bridgehead atoms. The zero-order valence-corrected chi connectivity index (χ0v) is 18.2. The van der Waals surface area contributed by atoms with E-state index in [1.54, 1.807) is 28.1 Å². The molecule has 1 unspecified atom stereocenters. The third kappa shape index (κ3) is 5.85. The van der Waals surface area contributed by atoms with Gasteiger partial charge in [0.05, 0.1) is 12.7 Å². The number of furan rings is 1. The van der Waals surface area contributed by atoms with Crippen LogP contribution in [-0.2, 0) is 22.4 Å². The minimum absolute atomic E-state index is 0.00671. The molecule has 1 atom stereocenters. The molecule has 1 fully saturated rings. The molecule has 8 nitrogen and oxygen atoms in total. The number of nitrogens with zero attached hydrogens (tertiary/aromatic N) is 3. The van der Waals surface area contributed by atoms with Crippen molar-refractivity contribution in [1.82, 2.24) is 20.1 Å². The minimum Gasteiger partial charge on any atom is -0.459 e. The zero-order chi connectivity index (χ0) is 23.0. The zero-order valence-electron chi connectivity index (χ0n) is 18.2. The van der Waals surface area contributed by atoms with Crippen molar-refractivity contribution < 1.29 is 18.8 Å². The normalized spacial score (nSPS) is 14.5. The number of pyridine rings is 1. The number of nitrogens with one attached hydrogen (secondary N) is 1. The first kappa shape index (κ1) is 22.3. The van der Waals surface area contributed by atoms with Crippen LogP contribution in [-0.4, -0.2) is 64.7 Å². The summed E-state index contributed by atoms with van der Waals surface area (Å²) >= 11 is 0. The second-order valence-corrected chi connectivity index (χ2v) is 7.90. The Bertz CT molecular complexity index is 1060. The predicted octanol–water partition coefficient (Wildman–Crippen LogP) is 1.93. The van der Waals surface area contributed by atoms with E-state index in [9.17, 15) is 14.4 Å². The average molecular weight is 447 g/mol. The Hall–Kier alpha value is -3.94. The average Bonchev–Trinajstić information content (AvgIpc) is 3.40. The van der Waals surface area contributed by atoms with E-state index in [2.05, 4.69) is 10.3 Å². The fourth-order valence-corrected chi connectivity index (χ4v) is 3.85. The Morgan fingerprint density at radius 1 is 0.909 bits per heavy atom. The molecule has 1 aliphatic heterocycles. The van der Waals surface area contributed by atoms with Crippen LogP contribution in [0.2, 0.25) is 0 Å². The van der Waals surface area contributed by atoms with Crippen molar-refractivity contribution in [2.45, 2.75) is 18.9 Å². The van der Waals surface area contributed by atoms with Gasteiger partial charge in [-0.25, -0.2) is 0 Å². The Balaban J connectivity index is 1.38. The molecule has 0 radical (unpaired) electrons. The molecular formula is C25H26N4O4. The van der Waals surface area contributed by atoms with Crippen LogP contribution >= 0.6 is 0 Å². The summed E-state index contributed by atoms with van der Waals surface area (Å²) < 4.78 is 5.17. The fourth-order valence-electron chi connectivity index (χ4n) is 3.85. The summed E-state index contributed by atoms with van der Waals surface area (Å²) in [6, 6.07) is 17.5. The maximum absolute atomic E-state index is 13.3. The van der Waals surface area contributed by atoms with Crippen molar-refractivity contribution in [2.24, 2.45) is 0 Å². The first-order valence-electron chi connectivity index (χ1n) is 10.9. The van der Waals surface area contributed by atoms with Crippen molar-refractivity contribution >= 4 is 17.7 Å². The van der Waals surface area contributed by atoms with E-state index >= 15 is 0 Å². The van der Waals surface area contributed by atoms with Gasteiger partial charge in [0.2, 0.25) is 11.8 Å². The highest BCUT2D eigenvalue weighted by molar-refractivity contribution is 5.95. The molecule has 1 N–H and O–H groups in total. The molecular weight excluding hydrogens is 420 g/mol. The van der Waals surface area contributed by atoms with Crippen LogP contribution in [0, 0.1) is 0 Å². The van der Waals surface area contributed by atoms with E-state index in [4.69, 9.17) is 4.42 Å². The third-order valence-electron chi connectivity index (χ3n) is 5.63. The van der Waals surface area contributed by atoms with Crippen LogP contribution in [0.3, 0.4) is 0 Å².